The fraction of sp³-hybridized carbons (Fsp3) is 0.439. The fourth-order valence-electron chi connectivity index (χ4n) is 7.26. The number of nitrogens with zero attached hydrogens (tertiary/aromatic N) is 7. The van der Waals surface area contributed by atoms with Crippen molar-refractivity contribution >= 4 is 34.5 Å². The Hall–Kier alpha value is -5.61. The largest absolute Gasteiger partial charge is 0.459 e. The molecule has 3 aliphatic rings. The summed E-state index contributed by atoms with van der Waals surface area (Å²) in [6, 6.07) is 24.0. The molecule has 3 aliphatic heterocycles. The minimum absolute atomic E-state index is 0.0197. The number of hydrogen-bond acceptors (Lipinski definition) is 10. The summed E-state index contributed by atoms with van der Waals surface area (Å²) in [5.41, 5.74) is 3.24. The molecule has 54 heavy (non-hydrogen) atoms. The van der Waals surface area contributed by atoms with Gasteiger partial charge >= 0.3 is 18.2 Å². The van der Waals surface area contributed by atoms with Gasteiger partial charge in [-0.05, 0) is 50.6 Å². The van der Waals surface area contributed by atoms with Gasteiger partial charge in [-0.1, -0.05) is 66.7 Å². The Kier molecular flexibility index (Phi) is 11.0. The zero-order valence-electron chi connectivity index (χ0n) is 31.1. The summed E-state index contributed by atoms with van der Waals surface area (Å²) in [4.78, 5) is 47.7. The molecule has 0 aliphatic carbocycles. The third-order valence-electron chi connectivity index (χ3n) is 9.84. The Morgan fingerprint density at radius 3 is 2.52 bits per heavy atom. The SMILES string of the molecule is [C-]#[N+]CC1CN(c2nc(OC[C@@H]3OCCCN3C(=O)OC(C)(C)C)nc3c2CCN(c2cccc4ccccc24)C3)CCN1C(=O)OCc1ccccc1. The number of anilines is 2. The van der Waals surface area contributed by atoms with E-state index in [1.165, 1.54) is 10.8 Å². The number of amides is 2. The molecule has 0 bridgehead atoms. The number of piperazine rings is 1. The van der Waals surface area contributed by atoms with Crippen molar-refractivity contribution in [2.45, 2.75) is 64.6 Å². The lowest BCUT2D eigenvalue weighted by Gasteiger charge is -2.41. The van der Waals surface area contributed by atoms with Crippen LogP contribution in [0.5, 0.6) is 6.01 Å². The van der Waals surface area contributed by atoms with E-state index in [1.54, 1.807) is 9.80 Å². The second kappa shape index (κ2) is 16.2. The first-order chi connectivity index (χ1) is 26.2. The predicted molar refractivity (Wildman–Crippen MR) is 204 cm³/mol. The highest BCUT2D eigenvalue weighted by Crippen LogP contribution is 2.35. The van der Waals surface area contributed by atoms with Gasteiger partial charge in [-0.3, -0.25) is 9.80 Å². The molecule has 0 radical (unpaired) electrons. The van der Waals surface area contributed by atoms with Gasteiger partial charge in [0.25, 0.3) is 0 Å². The van der Waals surface area contributed by atoms with Crippen molar-refractivity contribution in [2.75, 3.05) is 62.3 Å². The molecule has 1 aromatic heterocycles. The van der Waals surface area contributed by atoms with E-state index in [0.717, 1.165) is 34.9 Å². The summed E-state index contributed by atoms with van der Waals surface area (Å²) >= 11 is 0. The molecule has 1 unspecified atom stereocenters. The summed E-state index contributed by atoms with van der Waals surface area (Å²) in [5.74, 6) is 0.730. The fourth-order valence-corrected chi connectivity index (χ4v) is 7.26. The van der Waals surface area contributed by atoms with E-state index in [4.69, 9.17) is 35.5 Å². The van der Waals surface area contributed by atoms with Crippen LogP contribution in [0.4, 0.5) is 21.1 Å². The second-order valence-electron chi connectivity index (χ2n) is 14.8. The summed E-state index contributed by atoms with van der Waals surface area (Å²) < 4.78 is 23.6. The molecule has 2 atom stereocenters. The third-order valence-corrected chi connectivity index (χ3v) is 9.84. The normalized spacial score (nSPS) is 18.9. The number of aromatic nitrogens is 2. The van der Waals surface area contributed by atoms with Gasteiger partial charge in [0.2, 0.25) is 6.54 Å². The number of carbonyl (C=O) groups excluding carboxylic acids is 2. The van der Waals surface area contributed by atoms with Crippen molar-refractivity contribution in [3.05, 3.63) is 101 Å². The number of ether oxygens (including phenoxy) is 4. The van der Waals surface area contributed by atoms with Crippen LogP contribution in [0.1, 0.15) is 44.0 Å². The zero-order chi connectivity index (χ0) is 37.7. The Morgan fingerprint density at radius 1 is 0.907 bits per heavy atom. The summed E-state index contributed by atoms with van der Waals surface area (Å²) in [7, 11) is 0. The van der Waals surface area contributed by atoms with Gasteiger partial charge < -0.3 is 33.6 Å². The average Bonchev–Trinajstić information content (AvgIpc) is 3.18. The van der Waals surface area contributed by atoms with Crippen LogP contribution in [0.2, 0.25) is 0 Å². The van der Waals surface area contributed by atoms with Gasteiger partial charge in [0.1, 0.15) is 30.7 Å². The van der Waals surface area contributed by atoms with Crippen LogP contribution < -0.4 is 14.5 Å². The highest BCUT2D eigenvalue weighted by molar-refractivity contribution is 5.94. The van der Waals surface area contributed by atoms with Gasteiger partial charge in [-0.25, -0.2) is 16.2 Å². The number of rotatable bonds is 8. The van der Waals surface area contributed by atoms with Crippen molar-refractivity contribution in [1.82, 2.24) is 19.8 Å². The maximum Gasteiger partial charge on any atom is 0.412 e. The van der Waals surface area contributed by atoms with E-state index in [9.17, 15) is 9.59 Å². The number of hydrogen-bond donors (Lipinski definition) is 0. The number of fused-ring (bicyclic) bond motifs is 2. The van der Waals surface area contributed by atoms with Crippen LogP contribution in [0.25, 0.3) is 15.6 Å². The van der Waals surface area contributed by atoms with E-state index >= 15 is 0 Å². The standard InChI is InChI=1S/C41H47N7O6/c1-41(2,3)54-40(50)48-19-11-23-51-36(48)28-52-38-43-34-26-45(35-17-10-15-30-14-8-9-16-32(30)35)20-18-33(34)37(44-38)46-21-22-47(31(25-46)24-42-4)39(49)53-27-29-12-6-5-7-13-29/h5-10,12-17,31,36H,11,18-28H2,1-3H3/t31?,36-/m0/s1. The summed E-state index contributed by atoms with van der Waals surface area (Å²) in [6.07, 6.45) is -0.179. The molecule has 0 spiro atoms. The summed E-state index contributed by atoms with van der Waals surface area (Å²) in [6.45, 7) is 17.0. The molecule has 2 fully saturated rings. The van der Waals surface area contributed by atoms with Gasteiger partial charge in [0, 0.05) is 49.4 Å². The van der Waals surface area contributed by atoms with Gasteiger partial charge in [-0.2, -0.15) is 9.97 Å². The molecule has 2 saturated heterocycles. The van der Waals surface area contributed by atoms with Crippen molar-refractivity contribution in [1.29, 1.82) is 0 Å². The van der Waals surface area contributed by atoms with Crippen molar-refractivity contribution < 1.29 is 28.5 Å². The lowest BCUT2D eigenvalue weighted by atomic mass is 10.0. The molecule has 0 saturated carbocycles. The molecular formula is C41H47N7O6. The van der Waals surface area contributed by atoms with Crippen LogP contribution in [0.3, 0.4) is 0 Å². The molecule has 13 heteroatoms. The third kappa shape index (κ3) is 8.44. The first-order valence-electron chi connectivity index (χ1n) is 18.6. The van der Waals surface area contributed by atoms with Gasteiger partial charge in [0.05, 0.1) is 18.8 Å². The zero-order valence-corrected chi connectivity index (χ0v) is 31.1. The number of benzene rings is 3. The maximum atomic E-state index is 13.3. The van der Waals surface area contributed by atoms with Crippen molar-refractivity contribution in [3.8, 4) is 6.01 Å². The molecule has 282 valence electrons. The van der Waals surface area contributed by atoms with E-state index in [2.05, 4.69) is 51.0 Å². The van der Waals surface area contributed by atoms with E-state index in [0.29, 0.717) is 52.2 Å². The Morgan fingerprint density at radius 2 is 1.70 bits per heavy atom. The molecule has 13 nitrogen and oxygen atoms in total. The van der Waals surface area contributed by atoms with Gasteiger partial charge in [-0.15, -0.1) is 0 Å². The lowest BCUT2D eigenvalue weighted by molar-refractivity contribution is -0.111. The first-order valence-corrected chi connectivity index (χ1v) is 18.6. The van der Waals surface area contributed by atoms with Crippen LogP contribution >= 0.6 is 0 Å². The minimum Gasteiger partial charge on any atom is -0.459 e. The lowest BCUT2D eigenvalue weighted by Crippen LogP contribution is -2.57. The van der Waals surface area contributed by atoms with E-state index < -0.39 is 30.1 Å². The Bertz CT molecular complexity index is 1990. The van der Waals surface area contributed by atoms with Crippen LogP contribution in [0.15, 0.2) is 72.8 Å². The van der Waals surface area contributed by atoms with Crippen LogP contribution in [0, 0.1) is 6.57 Å². The molecule has 4 heterocycles. The quantitative estimate of drug-likeness (QED) is 0.191. The number of carbonyl (C=O) groups is 2. The maximum absolute atomic E-state index is 13.3. The second-order valence-corrected chi connectivity index (χ2v) is 14.8. The van der Waals surface area contributed by atoms with Crippen molar-refractivity contribution in [3.63, 3.8) is 0 Å². The average molecular weight is 734 g/mol. The molecule has 3 aromatic carbocycles. The van der Waals surface area contributed by atoms with Crippen LogP contribution in [-0.2, 0) is 33.8 Å². The Labute approximate surface area is 316 Å². The van der Waals surface area contributed by atoms with Crippen molar-refractivity contribution in [2.24, 2.45) is 0 Å². The molecule has 7 rings (SSSR count). The molecular weight excluding hydrogens is 686 g/mol. The molecule has 2 amide bonds. The molecule has 4 aromatic rings. The molecule has 0 N–H and O–H groups in total. The minimum atomic E-state index is -0.669. The van der Waals surface area contributed by atoms with Crippen LogP contribution in [-0.4, -0.2) is 102 Å². The highest BCUT2D eigenvalue weighted by Gasteiger charge is 2.37. The van der Waals surface area contributed by atoms with E-state index in [-0.39, 0.29) is 25.8 Å². The monoisotopic (exact) mass is 733 g/mol. The first kappa shape index (κ1) is 36.7. The smallest absolute Gasteiger partial charge is 0.412 e. The summed E-state index contributed by atoms with van der Waals surface area (Å²) in [5, 5.41) is 2.34. The van der Waals surface area contributed by atoms with E-state index in [1.807, 2.05) is 57.2 Å². The predicted octanol–water partition coefficient (Wildman–Crippen LogP) is 6.30. The highest BCUT2D eigenvalue weighted by atomic mass is 16.6. The topological polar surface area (TPSA) is 114 Å². The Balaban J connectivity index is 1.15. The van der Waals surface area contributed by atoms with Gasteiger partial charge in [0.15, 0.2) is 6.23 Å².